The van der Waals surface area contributed by atoms with E-state index in [4.69, 9.17) is 4.74 Å². The van der Waals surface area contributed by atoms with Gasteiger partial charge in [-0.3, -0.25) is 9.59 Å². The van der Waals surface area contributed by atoms with Gasteiger partial charge in [0, 0.05) is 32.5 Å². The lowest BCUT2D eigenvalue weighted by Crippen LogP contribution is -2.53. The molecule has 0 bridgehead atoms. The van der Waals surface area contributed by atoms with Crippen molar-refractivity contribution in [1.82, 2.24) is 15.5 Å². The summed E-state index contributed by atoms with van der Waals surface area (Å²) in [5.74, 6) is 0.153. The lowest BCUT2D eigenvalue weighted by atomic mass is 10.0. The molecule has 0 saturated carbocycles. The molecule has 1 aliphatic heterocycles. The molecule has 1 heterocycles. The van der Waals surface area contributed by atoms with Crippen molar-refractivity contribution >= 4 is 23.5 Å². The quantitative estimate of drug-likeness (QED) is 0.601. The Balaban J connectivity index is 1.53. The highest BCUT2D eigenvalue weighted by Gasteiger charge is 2.27. The first-order chi connectivity index (χ1) is 15.9. The number of para-hydroxylation sites is 2. The molecule has 0 radical (unpaired) electrons. The topological polar surface area (TPSA) is 99.8 Å². The number of carbonyl (C=O) groups is 3. The number of rotatable bonds is 7. The molecule has 2 aromatic carbocycles. The second-order valence-electron chi connectivity index (χ2n) is 8.35. The van der Waals surface area contributed by atoms with Crippen molar-refractivity contribution in [3.8, 4) is 5.75 Å². The summed E-state index contributed by atoms with van der Waals surface area (Å²) in [7, 11) is 1.56. The third-order valence-corrected chi connectivity index (χ3v) is 5.69. The summed E-state index contributed by atoms with van der Waals surface area (Å²) in [5, 5.41) is 8.71. The molecule has 1 saturated heterocycles. The molecule has 3 N–H and O–H groups in total. The van der Waals surface area contributed by atoms with Crippen LogP contribution >= 0.6 is 0 Å². The van der Waals surface area contributed by atoms with Gasteiger partial charge in [0.1, 0.15) is 11.8 Å². The molecule has 0 aliphatic carbocycles. The minimum atomic E-state index is -0.642. The molecular formula is C25H32N4O4. The molecule has 0 spiro atoms. The normalized spacial score (nSPS) is 14.8. The maximum Gasteiger partial charge on any atom is 0.321 e. The van der Waals surface area contributed by atoms with Crippen LogP contribution in [0, 0.1) is 6.92 Å². The van der Waals surface area contributed by atoms with Gasteiger partial charge in [-0.25, -0.2) is 4.79 Å². The number of urea groups is 1. The Morgan fingerprint density at radius 1 is 1.09 bits per heavy atom. The van der Waals surface area contributed by atoms with E-state index in [2.05, 4.69) is 16.0 Å². The molecule has 1 atom stereocenters. The van der Waals surface area contributed by atoms with Crippen LogP contribution in [0.5, 0.6) is 5.75 Å². The van der Waals surface area contributed by atoms with Gasteiger partial charge in [-0.15, -0.1) is 0 Å². The Hall–Kier alpha value is -3.55. The van der Waals surface area contributed by atoms with Crippen LogP contribution in [-0.2, 0) is 16.0 Å². The van der Waals surface area contributed by atoms with Crippen LogP contribution in [0.2, 0.25) is 0 Å². The molecule has 4 amide bonds. The Labute approximate surface area is 194 Å². The van der Waals surface area contributed by atoms with E-state index in [1.165, 1.54) is 6.92 Å². The number of benzene rings is 2. The lowest BCUT2D eigenvalue weighted by molar-refractivity contribution is -0.128. The molecule has 33 heavy (non-hydrogen) atoms. The van der Waals surface area contributed by atoms with E-state index in [1.54, 1.807) is 24.1 Å². The minimum absolute atomic E-state index is 0.0541. The molecule has 0 unspecified atom stereocenters. The number of piperidine rings is 1. The van der Waals surface area contributed by atoms with Gasteiger partial charge in [0.2, 0.25) is 11.8 Å². The van der Waals surface area contributed by atoms with E-state index >= 15 is 0 Å². The Morgan fingerprint density at radius 2 is 1.82 bits per heavy atom. The zero-order valence-corrected chi connectivity index (χ0v) is 19.4. The maximum atomic E-state index is 12.9. The van der Waals surface area contributed by atoms with Gasteiger partial charge < -0.3 is 25.6 Å². The van der Waals surface area contributed by atoms with E-state index in [0.29, 0.717) is 43.8 Å². The molecule has 1 fully saturated rings. The predicted molar refractivity (Wildman–Crippen MR) is 127 cm³/mol. The van der Waals surface area contributed by atoms with Crippen molar-refractivity contribution in [2.45, 2.75) is 45.2 Å². The van der Waals surface area contributed by atoms with Gasteiger partial charge in [0.15, 0.2) is 0 Å². The van der Waals surface area contributed by atoms with Crippen molar-refractivity contribution in [2.24, 2.45) is 0 Å². The number of amides is 4. The number of hydrogen-bond acceptors (Lipinski definition) is 4. The largest absolute Gasteiger partial charge is 0.495 e. The van der Waals surface area contributed by atoms with Crippen LogP contribution in [0.25, 0.3) is 0 Å². The van der Waals surface area contributed by atoms with Crippen LogP contribution in [0.1, 0.15) is 30.9 Å². The van der Waals surface area contributed by atoms with Crippen molar-refractivity contribution in [3.05, 3.63) is 59.7 Å². The van der Waals surface area contributed by atoms with E-state index in [0.717, 1.165) is 11.1 Å². The molecule has 2 aromatic rings. The highest BCUT2D eigenvalue weighted by atomic mass is 16.5. The van der Waals surface area contributed by atoms with Crippen LogP contribution in [-0.4, -0.2) is 55.0 Å². The van der Waals surface area contributed by atoms with Crippen molar-refractivity contribution < 1.29 is 19.1 Å². The first-order valence-corrected chi connectivity index (χ1v) is 11.2. The summed E-state index contributed by atoms with van der Waals surface area (Å²) in [6.07, 6.45) is 1.71. The number of likely N-dealkylation sites (tertiary alicyclic amines) is 1. The average molecular weight is 453 g/mol. The first-order valence-electron chi connectivity index (χ1n) is 11.2. The molecule has 8 heteroatoms. The zero-order valence-electron chi connectivity index (χ0n) is 19.4. The number of nitrogens with one attached hydrogen (secondary N) is 3. The monoisotopic (exact) mass is 452 g/mol. The number of nitrogens with zero attached hydrogens (tertiary/aromatic N) is 1. The summed E-state index contributed by atoms with van der Waals surface area (Å²) in [4.78, 5) is 39.0. The van der Waals surface area contributed by atoms with Gasteiger partial charge in [-0.2, -0.15) is 0 Å². The molecule has 3 rings (SSSR count). The smallest absolute Gasteiger partial charge is 0.321 e. The molecule has 1 aliphatic rings. The lowest BCUT2D eigenvalue weighted by Gasteiger charge is -2.33. The average Bonchev–Trinajstić information content (AvgIpc) is 2.79. The van der Waals surface area contributed by atoms with Crippen LogP contribution in [0.3, 0.4) is 0 Å². The number of carbonyl (C=O) groups excluding carboxylic acids is 3. The maximum absolute atomic E-state index is 12.9. The summed E-state index contributed by atoms with van der Waals surface area (Å²) >= 11 is 0. The first kappa shape index (κ1) is 24.1. The standard InChI is InChI=1S/C25H32N4O4/c1-17-7-6-8-19(15-17)16-22(26-18(2)30)24(31)27-20-11-13-29(14-12-20)25(32)28-21-9-4-5-10-23(21)33-3/h4-10,15,20,22H,11-14,16H2,1-3H3,(H,26,30)(H,27,31)(H,28,32)/t22-/m0/s1. The summed E-state index contributed by atoms with van der Waals surface area (Å²) in [6, 6.07) is 14.3. The fourth-order valence-electron chi connectivity index (χ4n) is 4.00. The van der Waals surface area contributed by atoms with E-state index in [9.17, 15) is 14.4 Å². The van der Waals surface area contributed by atoms with Crippen molar-refractivity contribution in [2.75, 3.05) is 25.5 Å². The zero-order chi connectivity index (χ0) is 23.8. The Morgan fingerprint density at radius 3 is 2.48 bits per heavy atom. The van der Waals surface area contributed by atoms with Gasteiger partial charge >= 0.3 is 6.03 Å². The van der Waals surface area contributed by atoms with Gasteiger partial charge in [-0.05, 0) is 37.5 Å². The molecule has 176 valence electrons. The second-order valence-corrected chi connectivity index (χ2v) is 8.35. The highest BCUT2D eigenvalue weighted by Crippen LogP contribution is 2.24. The van der Waals surface area contributed by atoms with Crippen LogP contribution < -0.4 is 20.7 Å². The fourth-order valence-corrected chi connectivity index (χ4v) is 4.00. The SMILES string of the molecule is COc1ccccc1NC(=O)N1CCC(NC(=O)[C@H](Cc2cccc(C)c2)NC(C)=O)CC1. The molecule has 0 aromatic heterocycles. The number of ether oxygens (including phenoxy) is 1. The fraction of sp³-hybridized carbons (Fsp3) is 0.400. The number of aryl methyl sites for hydroxylation is 1. The third kappa shape index (κ3) is 6.97. The Bertz CT molecular complexity index is 986. The Kier molecular flexibility index (Phi) is 8.29. The summed E-state index contributed by atoms with van der Waals surface area (Å²) < 4.78 is 5.28. The van der Waals surface area contributed by atoms with Gasteiger partial charge in [-0.1, -0.05) is 42.0 Å². The number of methoxy groups -OCH3 is 1. The van der Waals surface area contributed by atoms with Gasteiger partial charge in [0.25, 0.3) is 0 Å². The molecule has 8 nitrogen and oxygen atoms in total. The van der Waals surface area contributed by atoms with Crippen LogP contribution in [0.4, 0.5) is 10.5 Å². The summed E-state index contributed by atoms with van der Waals surface area (Å²) in [5.41, 5.74) is 2.72. The van der Waals surface area contributed by atoms with Crippen molar-refractivity contribution in [3.63, 3.8) is 0 Å². The highest BCUT2D eigenvalue weighted by molar-refractivity contribution is 5.91. The van der Waals surface area contributed by atoms with Crippen LogP contribution in [0.15, 0.2) is 48.5 Å². The van der Waals surface area contributed by atoms with Crippen molar-refractivity contribution in [1.29, 1.82) is 0 Å². The third-order valence-electron chi connectivity index (χ3n) is 5.69. The van der Waals surface area contributed by atoms with E-state index < -0.39 is 6.04 Å². The number of hydrogen-bond donors (Lipinski definition) is 3. The summed E-state index contributed by atoms with van der Waals surface area (Å²) in [6.45, 7) is 4.45. The molecular weight excluding hydrogens is 420 g/mol. The predicted octanol–water partition coefficient (Wildman–Crippen LogP) is 2.86. The van der Waals surface area contributed by atoms with E-state index in [1.807, 2.05) is 43.3 Å². The number of anilines is 1. The second kappa shape index (κ2) is 11.4. The van der Waals surface area contributed by atoms with Gasteiger partial charge in [0.05, 0.1) is 12.8 Å². The van der Waals surface area contributed by atoms with E-state index in [-0.39, 0.29) is 23.9 Å². The minimum Gasteiger partial charge on any atom is -0.495 e.